The summed E-state index contributed by atoms with van der Waals surface area (Å²) >= 11 is 1.40. The largest absolute Gasteiger partial charge is 0.444 e. The third kappa shape index (κ3) is 6.45. The number of hydrogen-bond acceptors (Lipinski definition) is 6. The first-order valence-electron chi connectivity index (χ1n) is 8.24. The Morgan fingerprint density at radius 1 is 1.42 bits per heavy atom. The molecule has 1 aromatic heterocycles. The Bertz CT molecular complexity index is 542. The van der Waals surface area contributed by atoms with Gasteiger partial charge in [0, 0.05) is 24.2 Å². The molecule has 0 aliphatic carbocycles. The van der Waals surface area contributed by atoms with E-state index in [9.17, 15) is 9.59 Å². The van der Waals surface area contributed by atoms with Crippen molar-refractivity contribution in [2.24, 2.45) is 0 Å². The van der Waals surface area contributed by atoms with E-state index in [-0.39, 0.29) is 11.9 Å². The molecule has 0 bridgehead atoms. The van der Waals surface area contributed by atoms with Crippen LogP contribution in [0.5, 0.6) is 0 Å². The van der Waals surface area contributed by atoms with Gasteiger partial charge < -0.3 is 15.4 Å². The SMILES string of the molecule is CC(C)(C)OC(=O)NC[C@@H]1CCCCN1CC(=O)Nc1nccs1. The molecule has 8 heteroatoms. The molecule has 1 fully saturated rings. The second kappa shape index (κ2) is 8.43. The number of likely N-dealkylation sites (tertiary alicyclic amines) is 1. The molecular formula is C16H26N4O3S. The minimum Gasteiger partial charge on any atom is -0.444 e. The number of aromatic nitrogens is 1. The van der Waals surface area contributed by atoms with E-state index in [1.165, 1.54) is 11.3 Å². The molecule has 7 nitrogen and oxygen atoms in total. The molecule has 134 valence electrons. The van der Waals surface area contributed by atoms with Crippen LogP contribution in [-0.2, 0) is 9.53 Å². The minimum atomic E-state index is -0.510. The number of carbonyl (C=O) groups is 2. The second-order valence-electron chi connectivity index (χ2n) is 6.89. The highest BCUT2D eigenvalue weighted by Crippen LogP contribution is 2.17. The van der Waals surface area contributed by atoms with Crippen LogP contribution in [0.1, 0.15) is 40.0 Å². The lowest BCUT2D eigenvalue weighted by atomic mass is 10.0. The average Bonchev–Trinajstić information content (AvgIpc) is 2.97. The smallest absolute Gasteiger partial charge is 0.407 e. The highest BCUT2D eigenvalue weighted by molar-refractivity contribution is 7.13. The van der Waals surface area contributed by atoms with Crippen molar-refractivity contribution in [1.29, 1.82) is 0 Å². The molecule has 0 unspecified atom stereocenters. The molecule has 1 saturated heterocycles. The predicted octanol–water partition coefficient (Wildman–Crippen LogP) is 2.46. The van der Waals surface area contributed by atoms with Crippen LogP contribution in [0, 0.1) is 0 Å². The molecule has 1 atom stereocenters. The van der Waals surface area contributed by atoms with Crippen molar-refractivity contribution in [3.05, 3.63) is 11.6 Å². The van der Waals surface area contributed by atoms with Crippen LogP contribution in [0.4, 0.5) is 9.93 Å². The highest BCUT2D eigenvalue weighted by Gasteiger charge is 2.25. The zero-order chi connectivity index (χ0) is 17.6. The summed E-state index contributed by atoms with van der Waals surface area (Å²) in [6.07, 6.45) is 4.37. The van der Waals surface area contributed by atoms with Gasteiger partial charge in [-0.2, -0.15) is 0 Å². The molecule has 2 amide bonds. The first-order chi connectivity index (χ1) is 11.3. The van der Waals surface area contributed by atoms with Gasteiger partial charge in [0.1, 0.15) is 5.60 Å². The van der Waals surface area contributed by atoms with Crippen LogP contribution in [0.3, 0.4) is 0 Å². The molecule has 0 aromatic carbocycles. The number of ether oxygens (including phenoxy) is 1. The van der Waals surface area contributed by atoms with Gasteiger partial charge in [0.2, 0.25) is 5.91 Å². The quantitative estimate of drug-likeness (QED) is 0.849. The van der Waals surface area contributed by atoms with Gasteiger partial charge in [0.15, 0.2) is 5.13 Å². The summed E-state index contributed by atoms with van der Waals surface area (Å²) in [5, 5.41) is 8.05. The van der Waals surface area contributed by atoms with Crippen LogP contribution >= 0.6 is 11.3 Å². The van der Waals surface area contributed by atoms with Gasteiger partial charge in [-0.05, 0) is 40.2 Å². The van der Waals surface area contributed by atoms with Gasteiger partial charge >= 0.3 is 6.09 Å². The molecule has 1 aliphatic rings. The predicted molar refractivity (Wildman–Crippen MR) is 94.2 cm³/mol. The minimum absolute atomic E-state index is 0.0749. The number of amides is 2. The molecule has 0 saturated carbocycles. The molecule has 2 rings (SSSR count). The van der Waals surface area contributed by atoms with Crippen molar-refractivity contribution in [2.45, 2.75) is 51.7 Å². The molecular weight excluding hydrogens is 328 g/mol. The summed E-state index contributed by atoms with van der Waals surface area (Å²) in [6.45, 7) is 7.15. The number of nitrogens with one attached hydrogen (secondary N) is 2. The first kappa shape index (κ1) is 18.7. The van der Waals surface area contributed by atoms with Crippen LogP contribution < -0.4 is 10.6 Å². The number of anilines is 1. The molecule has 24 heavy (non-hydrogen) atoms. The van der Waals surface area contributed by atoms with Crippen molar-refractivity contribution < 1.29 is 14.3 Å². The zero-order valence-corrected chi connectivity index (χ0v) is 15.3. The Balaban J connectivity index is 1.81. The van der Waals surface area contributed by atoms with Crippen molar-refractivity contribution in [3.63, 3.8) is 0 Å². The molecule has 0 spiro atoms. The van der Waals surface area contributed by atoms with Crippen molar-refractivity contribution in [1.82, 2.24) is 15.2 Å². The standard InChI is InChI=1S/C16H26N4O3S/c1-16(2,3)23-15(22)18-10-12-6-4-5-8-20(12)11-13(21)19-14-17-7-9-24-14/h7,9,12H,4-6,8,10-11H2,1-3H3,(H,18,22)(H,17,19,21)/t12-/m0/s1. The van der Waals surface area contributed by atoms with Gasteiger partial charge in [-0.15, -0.1) is 11.3 Å². The summed E-state index contributed by atoms with van der Waals surface area (Å²) in [5.74, 6) is -0.0749. The van der Waals surface area contributed by atoms with Gasteiger partial charge in [-0.1, -0.05) is 6.42 Å². The fourth-order valence-electron chi connectivity index (χ4n) is 2.64. The Morgan fingerprint density at radius 2 is 2.21 bits per heavy atom. The molecule has 0 radical (unpaired) electrons. The van der Waals surface area contributed by atoms with Crippen LogP contribution in [0.2, 0.25) is 0 Å². The Hall–Kier alpha value is -1.67. The molecule has 1 aliphatic heterocycles. The molecule has 2 heterocycles. The van der Waals surface area contributed by atoms with Crippen LogP contribution in [-0.4, -0.2) is 53.2 Å². The van der Waals surface area contributed by atoms with Crippen molar-refractivity contribution >= 4 is 28.5 Å². The summed E-state index contributed by atoms with van der Waals surface area (Å²) in [6, 6.07) is 0.147. The lowest BCUT2D eigenvalue weighted by molar-refractivity contribution is -0.118. The number of hydrogen-bond donors (Lipinski definition) is 2. The number of rotatable bonds is 5. The maximum Gasteiger partial charge on any atom is 0.407 e. The van der Waals surface area contributed by atoms with E-state index >= 15 is 0 Å². The number of piperidine rings is 1. The van der Waals surface area contributed by atoms with E-state index < -0.39 is 11.7 Å². The molecule has 1 aromatic rings. The lowest BCUT2D eigenvalue weighted by Gasteiger charge is -2.35. The number of carbonyl (C=O) groups excluding carboxylic acids is 2. The maximum absolute atomic E-state index is 12.2. The van der Waals surface area contributed by atoms with Crippen LogP contribution in [0.25, 0.3) is 0 Å². The Labute approximate surface area is 146 Å². The monoisotopic (exact) mass is 354 g/mol. The van der Waals surface area contributed by atoms with Gasteiger partial charge in [-0.25, -0.2) is 9.78 Å². The van der Waals surface area contributed by atoms with E-state index in [1.54, 1.807) is 6.20 Å². The third-order valence-electron chi connectivity index (χ3n) is 3.66. The zero-order valence-electron chi connectivity index (χ0n) is 14.5. The highest BCUT2D eigenvalue weighted by atomic mass is 32.1. The fourth-order valence-corrected chi connectivity index (χ4v) is 3.19. The van der Waals surface area contributed by atoms with Crippen molar-refractivity contribution in [3.8, 4) is 0 Å². The average molecular weight is 354 g/mol. The summed E-state index contributed by atoms with van der Waals surface area (Å²) < 4.78 is 5.26. The van der Waals surface area contributed by atoms with Crippen molar-refractivity contribution in [2.75, 3.05) is 25.0 Å². The Morgan fingerprint density at radius 3 is 2.88 bits per heavy atom. The van der Waals surface area contributed by atoms with Gasteiger partial charge in [0.05, 0.1) is 6.54 Å². The summed E-state index contributed by atoms with van der Waals surface area (Å²) in [5.41, 5.74) is -0.510. The van der Waals surface area contributed by atoms with Gasteiger partial charge in [-0.3, -0.25) is 9.69 Å². The first-order valence-corrected chi connectivity index (χ1v) is 9.12. The summed E-state index contributed by atoms with van der Waals surface area (Å²) in [4.78, 5) is 30.1. The van der Waals surface area contributed by atoms with Crippen LogP contribution in [0.15, 0.2) is 11.6 Å². The normalized spacial score (nSPS) is 18.9. The van der Waals surface area contributed by atoms with E-state index in [0.717, 1.165) is 25.8 Å². The molecule has 2 N–H and O–H groups in total. The lowest BCUT2D eigenvalue weighted by Crippen LogP contribution is -2.49. The number of thiazole rings is 1. The van der Waals surface area contributed by atoms with Gasteiger partial charge in [0.25, 0.3) is 0 Å². The van der Waals surface area contributed by atoms with E-state index in [1.807, 2.05) is 26.2 Å². The maximum atomic E-state index is 12.2. The fraction of sp³-hybridized carbons (Fsp3) is 0.688. The summed E-state index contributed by atoms with van der Waals surface area (Å²) in [7, 11) is 0. The number of nitrogens with zero attached hydrogens (tertiary/aromatic N) is 2. The van der Waals surface area contributed by atoms with E-state index in [4.69, 9.17) is 4.74 Å². The topological polar surface area (TPSA) is 83.6 Å². The van der Waals surface area contributed by atoms with E-state index in [2.05, 4.69) is 20.5 Å². The Kier molecular flexibility index (Phi) is 6.56. The second-order valence-corrected chi connectivity index (χ2v) is 7.78. The van der Waals surface area contributed by atoms with E-state index in [0.29, 0.717) is 18.2 Å². The number of alkyl carbamates (subject to hydrolysis) is 1. The third-order valence-corrected chi connectivity index (χ3v) is 4.34.